The van der Waals surface area contributed by atoms with Gasteiger partial charge in [-0.3, -0.25) is 9.69 Å². The molecule has 6 nitrogen and oxygen atoms in total. The maximum absolute atomic E-state index is 11.2. The van der Waals surface area contributed by atoms with E-state index in [1.807, 2.05) is 20.0 Å². The van der Waals surface area contributed by atoms with Crippen LogP contribution in [0.4, 0.5) is 0 Å². The van der Waals surface area contributed by atoms with Crippen molar-refractivity contribution in [1.82, 2.24) is 4.90 Å². The summed E-state index contributed by atoms with van der Waals surface area (Å²) in [4.78, 5) is 13.6. The van der Waals surface area contributed by atoms with Gasteiger partial charge in [0.25, 0.3) is 0 Å². The zero-order chi connectivity index (χ0) is 19.1. The lowest BCUT2D eigenvalue weighted by molar-refractivity contribution is -0.142. The van der Waals surface area contributed by atoms with Crippen molar-refractivity contribution in [1.29, 1.82) is 0 Å². The lowest BCUT2D eigenvalue weighted by Crippen LogP contribution is -2.55. The van der Waals surface area contributed by atoms with Gasteiger partial charge < -0.3 is 19.7 Å². The second-order valence-corrected chi connectivity index (χ2v) is 7.90. The molecule has 2 aliphatic rings. The number of methoxy groups -OCH3 is 2. The molecule has 1 saturated heterocycles. The predicted molar refractivity (Wildman–Crippen MR) is 101 cm³/mol. The highest BCUT2D eigenvalue weighted by atomic mass is 16.5. The van der Waals surface area contributed by atoms with Gasteiger partial charge in [-0.2, -0.15) is 0 Å². The molecule has 142 valence electrons. The SMILES string of the molecule is B[C@@]1(O)C[C@H]2c3cc(OC)c(OC)cc3CCN2C[C@@H]1CC(C)C(=O)O. The fourth-order valence-electron chi connectivity index (χ4n) is 4.43. The molecule has 0 aromatic heterocycles. The van der Waals surface area contributed by atoms with Gasteiger partial charge in [0.15, 0.2) is 11.5 Å². The Morgan fingerprint density at radius 2 is 2.04 bits per heavy atom. The number of nitrogens with zero attached hydrogens (tertiary/aromatic N) is 1. The minimum Gasteiger partial charge on any atom is -0.493 e. The summed E-state index contributed by atoms with van der Waals surface area (Å²) in [5, 5.41) is 20.3. The molecule has 0 amide bonds. The van der Waals surface area contributed by atoms with Crippen molar-refractivity contribution in [2.24, 2.45) is 11.8 Å². The molecule has 2 aliphatic heterocycles. The molecule has 0 radical (unpaired) electrons. The summed E-state index contributed by atoms with van der Waals surface area (Å²) >= 11 is 0. The highest BCUT2D eigenvalue weighted by Gasteiger charge is 2.45. The molecule has 1 aromatic rings. The van der Waals surface area contributed by atoms with Gasteiger partial charge in [-0.25, -0.2) is 0 Å². The summed E-state index contributed by atoms with van der Waals surface area (Å²) in [6.45, 7) is 3.33. The van der Waals surface area contributed by atoms with Gasteiger partial charge in [-0.1, -0.05) is 6.92 Å². The summed E-state index contributed by atoms with van der Waals surface area (Å²) in [7, 11) is 5.11. The van der Waals surface area contributed by atoms with E-state index in [1.54, 1.807) is 21.1 Å². The molecule has 4 atom stereocenters. The van der Waals surface area contributed by atoms with E-state index in [1.165, 1.54) is 11.1 Å². The first-order valence-electron chi connectivity index (χ1n) is 9.20. The van der Waals surface area contributed by atoms with Gasteiger partial charge in [0, 0.05) is 24.6 Å². The van der Waals surface area contributed by atoms with E-state index in [2.05, 4.69) is 4.90 Å². The average Bonchev–Trinajstić information content (AvgIpc) is 2.60. The Bertz CT molecular complexity index is 693. The monoisotopic (exact) mass is 361 g/mol. The quantitative estimate of drug-likeness (QED) is 0.764. The van der Waals surface area contributed by atoms with Crippen LogP contribution in [-0.2, 0) is 11.2 Å². The number of carbonyl (C=O) groups is 1. The largest absolute Gasteiger partial charge is 0.493 e. The van der Waals surface area contributed by atoms with Crippen LogP contribution < -0.4 is 9.47 Å². The molecular weight excluding hydrogens is 333 g/mol. The molecule has 1 aromatic carbocycles. The van der Waals surface area contributed by atoms with Gasteiger partial charge in [-0.05, 0) is 48.4 Å². The first-order chi connectivity index (χ1) is 12.3. The number of fused-ring (bicyclic) bond motifs is 3. The van der Waals surface area contributed by atoms with Crippen molar-refractivity contribution in [2.45, 2.75) is 37.7 Å². The molecule has 0 saturated carbocycles. The van der Waals surface area contributed by atoms with Crippen molar-refractivity contribution >= 4 is 13.8 Å². The van der Waals surface area contributed by atoms with Crippen LogP contribution >= 0.6 is 0 Å². The van der Waals surface area contributed by atoms with Crippen LogP contribution in [0, 0.1) is 11.8 Å². The number of aliphatic carboxylic acids is 1. The van der Waals surface area contributed by atoms with Crippen molar-refractivity contribution < 1.29 is 24.5 Å². The molecule has 2 heterocycles. The van der Waals surface area contributed by atoms with Crippen molar-refractivity contribution in [3.63, 3.8) is 0 Å². The van der Waals surface area contributed by atoms with Gasteiger partial charge in [0.05, 0.1) is 20.1 Å². The van der Waals surface area contributed by atoms with E-state index in [-0.39, 0.29) is 12.0 Å². The van der Waals surface area contributed by atoms with E-state index in [0.29, 0.717) is 25.1 Å². The fraction of sp³-hybridized carbons (Fsp3) is 0.632. The standard InChI is InChI=1S/C19H28BNO5/c1-11(18(22)23)6-13-10-21-5-4-12-7-16(25-2)17(26-3)8-14(12)15(21)9-19(13,20)24/h7-8,11,13,15,24H,4-6,9-10,20H2,1-3H3,(H,22,23)/t11?,13-,15-,19+/m0/s1. The van der Waals surface area contributed by atoms with E-state index < -0.39 is 17.4 Å². The number of hydrogen-bond acceptors (Lipinski definition) is 5. The highest BCUT2D eigenvalue weighted by Crippen LogP contribution is 2.46. The topological polar surface area (TPSA) is 79.2 Å². The normalized spacial score (nSPS) is 29.4. The van der Waals surface area contributed by atoms with Crippen LogP contribution in [0.25, 0.3) is 0 Å². The molecule has 0 bridgehead atoms. The van der Waals surface area contributed by atoms with Gasteiger partial charge in [0.1, 0.15) is 7.85 Å². The summed E-state index contributed by atoms with van der Waals surface area (Å²) < 4.78 is 10.9. The molecule has 0 spiro atoms. The van der Waals surface area contributed by atoms with Crippen LogP contribution in [0.15, 0.2) is 12.1 Å². The van der Waals surface area contributed by atoms with Gasteiger partial charge in [-0.15, -0.1) is 0 Å². The van der Waals surface area contributed by atoms with Gasteiger partial charge in [0.2, 0.25) is 0 Å². The maximum atomic E-state index is 11.2. The number of aliphatic hydroxyl groups is 1. The Kier molecular flexibility index (Phi) is 5.22. The molecular formula is C19H28BNO5. The summed E-state index contributed by atoms with van der Waals surface area (Å²) in [6.07, 6.45) is 1.99. The van der Waals surface area contributed by atoms with Crippen LogP contribution in [0.1, 0.15) is 36.9 Å². The number of carboxylic acid groups (broad SMARTS) is 1. The lowest BCUT2D eigenvalue weighted by atomic mass is 9.61. The molecule has 1 fully saturated rings. The Balaban J connectivity index is 1.88. The van der Waals surface area contributed by atoms with E-state index in [9.17, 15) is 15.0 Å². The number of rotatable bonds is 5. The Morgan fingerprint density at radius 1 is 1.38 bits per heavy atom. The first kappa shape index (κ1) is 19.0. The van der Waals surface area contributed by atoms with Gasteiger partial charge >= 0.3 is 5.97 Å². The molecule has 3 rings (SSSR count). The van der Waals surface area contributed by atoms with Crippen molar-refractivity contribution in [2.75, 3.05) is 27.3 Å². The van der Waals surface area contributed by atoms with Crippen molar-refractivity contribution in [3.8, 4) is 11.5 Å². The number of hydrogen-bond donors (Lipinski definition) is 2. The molecule has 7 heteroatoms. The molecule has 2 N–H and O–H groups in total. The van der Waals surface area contributed by atoms with E-state index in [0.717, 1.165) is 18.7 Å². The average molecular weight is 361 g/mol. The Morgan fingerprint density at radius 3 is 2.65 bits per heavy atom. The van der Waals surface area contributed by atoms with Crippen LogP contribution in [0.2, 0.25) is 0 Å². The number of benzene rings is 1. The zero-order valence-electron chi connectivity index (χ0n) is 16.0. The number of ether oxygens (including phenoxy) is 2. The summed E-state index contributed by atoms with van der Waals surface area (Å²) in [5.41, 5.74) is 1.52. The number of carboxylic acids is 1. The molecule has 0 aliphatic carbocycles. The lowest BCUT2D eigenvalue weighted by Gasteiger charge is -2.50. The van der Waals surface area contributed by atoms with E-state index >= 15 is 0 Å². The summed E-state index contributed by atoms with van der Waals surface area (Å²) in [6, 6.07) is 4.19. The van der Waals surface area contributed by atoms with Crippen LogP contribution in [0.3, 0.4) is 0 Å². The predicted octanol–water partition coefficient (Wildman–Crippen LogP) is 1.06. The molecule has 26 heavy (non-hydrogen) atoms. The second kappa shape index (κ2) is 7.12. The Labute approximate surface area is 155 Å². The minimum absolute atomic E-state index is 0.0495. The summed E-state index contributed by atoms with van der Waals surface area (Å²) in [5.74, 6) is 0.129. The third-order valence-corrected chi connectivity index (χ3v) is 6.11. The third kappa shape index (κ3) is 3.42. The maximum Gasteiger partial charge on any atom is 0.306 e. The smallest absolute Gasteiger partial charge is 0.306 e. The van der Waals surface area contributed by atoms with Crippen LogP contribution in [-0.4, -0.2) is 61.7 Å². The second-order valence-electron chi connectivity index (χ2n) is 7.90. The Hall–Kier alpha value is -1.73. The first-order valence-corrected chi connectivity index (χ1v) is 9.20. The third-order valence-electron chi connectivity index (χ3n) is 6.11. The minimum atomic E-state index is -0.896. The molecule has 1 unspecified atom stereocenters. The highest BCUT2D eigenvalue weighted by molar-refractivity contribution is 6.14. The number of piperidine rings is 1. The van der Waals surface area contributed by atoms with Crippen molar-refractivity contribution in [3.05, 3.63) is 23.3 Å². The van der Waals surface area contributed by atoms with E-state index in [4.69, 9.17) is 9.47 Å². The zero-order valence-corrected chi connectivity index (χ0v) is 16.0. The fourth-order valence-corrected chi connectivity index (χ4v) is 4.43. The van der Waals surface area contributed by atoms with Crippen LogP contribution in [0.5, 0.6) is 11.5 Å².